The van der Waals surface area contributed by atoms with Crippen molar-refractivity contribution in [2.24, 2.45) is 5.41 Å². The molecule has 0 bridgehead atoms. The Labute approximate surface area is 182 Å². The van der Waals surface area contributed by atoms with Crippen molar-refractivity contribution in [1.29, 1.82) is 0 Å². The highest BCUT2D eigenvalue weighted by Gasteiger charge is 2.44. The number of carboxylic acids is 1. The number of rotatable bonds is 15. The SMILES string of the molecule is Cc1cc(CCCCC2(OC=O)CC2)c(C)cc1CCCCCCC(C)(C)C(=O)O. The summed E-state index contributed by atoms with van der Waals surface area (Å²) >= 11 is 0. The van der Waals surface area contributed by atoms with Crippen LogP contribution in [0.2, 0.25) is 0 Å². The number of carbonyl (C=O) groups is 2. The Morgan fingerprint density at radius 2 is 1.53 bits per heavy atom. The molecule has 0 heterocycles. The van der Waals surface area contributed by atoms with Gasteiger partial charge in [0.15, 0.2) is 0 Å². The molecule has 1 aromatic carbocycles. The van der Waals surface area contributed by atoms with Gasteiger partial charge >= 0.3 is 5.97 Å². The van der Waals surface area contributed by atoms with Gasteiger partial charge in [-0.3, -0.25) is 9.59 Å². The Kier molecular flexibility index (Phi) is 8.93. The topological polar surface area (TPSA) is 63.6 Å². The maximum absolute atomic E-state index is 11.2. The van der Waals surface area contributed by atoms with Gasteiger partial charge < -0.3 is 9.84 Å². The molecule has 1 N–H and O–H groups in total. The van der Waals surface area contributed by atoms with Crippen LogP contribution in [0.15, 0.2) is 12.1 Å². The highest BCUT2D eigenvalue weighted by atomic mass is 16.5. The summed E-state index contributed by atoms with van der Waals surface area (Å²) in [4.78, 5) is 21.7. The summed E-state index contributed by atoms with van der Waals surface area (Å²) in [6.07, 6.45) is 12.6. The van der Waals surface area contributed by atoms with Crippen LogP contribution >= 0.6 is 0 Å². The van der Waals surface area contributed by atoms with Crippen LogP contribution < -0.4 is 0 Å². The first-order valence-electron chi connectivity index (χ1n) is 11.6. The van der Waals surface area contributed by atoms with Gasteiger partial charge in [0, 0.05) is 0 Å². The van der Waals surface area contributed by atoms with Crippen molar-refractivity contribution >= 4 is 12.4 Å². The van der Waals surface area contributed by atoms with Gasteiger partial charge in [0.05, 0.1) is 5.41 Å². The minimum Gasteiger partial charge on any atom is -0.481 e. The fourth-order valence-electron chi connectivity index (χ4n) is 4.25. The predicted octanol–water partition coefficient (Wildman–Crippen LogP) is 6.33. The second kappa shape index (κ2) is 11.0. The lowest BCUT2D eigenvalue weighted by molar-refractivity contribution is -0.147. The minimum absolute atomic E-state index is 0.125. The summed E-state index contributed by atoms with van der Waals surface area (Å²) in [5.74, 6) is -0.699. The van der Waals surface area contributed by atoms with E-state index in [-0.39, 0.29) is 5.60 Å². The smallest absolute Gasteiger partial charge is 0.309 e. The van der Waals surface area contributed by atoms with E-state index in [4.69, 9.17) is 4.74 Å². The van der Waals surface area contributed by atoms with Gasteiger partial charge in [-0.1, -0.05) is 31.4 Å². The van der Waals surface area contributed by atoms with E-state index in [2.05, 4.69) is 26.0 Å². The molecule has 168 valence electrons. The molecule has 1 saturated carbocycles. The molecule has 0 spiro atoms. The quantitative estimate of drug-likeness (QED) is 0.268. The standard InChI is InChI=1S/C26H40O4/c1-20-18-23(12-8-10-14-26(15-16-26)30-19-27)21(2)17-22(20)11-7-5-6-9-13-25(3,4)24(28)29/h17-19H,5-16H2,1-4H3,(H,28,29). The van der Waals surface area contributed by atoms with Gasteiger partial charge in [-0.15, -0.1) is 0 Å². The molecule has 2 rings (SSSR count). The van der Waals surface area contributed by atoms with Crippen molar-refractivity contribution in [2.45, 2.75) is 110 Å². The van der Waals surface area contributed by atoms with E-state index >= 15 is 0 Å². The van der Waals surface area contributed by atoms with Crippen LogP contribution in [-0.4, -0.2) is 23.1 Å². The van der Waals surface area contributed by atoms with Crippen LogP contribution in [0.1, 0.15) is 100 Å². The van der Waals surface area contributed by atoms with E-state index in [1.54, 1.807) is 0 Å². The van der Waals surface area contributed by atoms with Gasteiger partial charge in [-0.25, -0.2) is 0 Å². The Morgan fingerprint density at radius 3 is 2.03 bits per heavy atom. The molecule has 1 aromatic rings. The van der Waals surface area contributed by atoms with E-state index in [9.17, 15) is 14.7 Å². The average Bonchev–Trinajstić information content (AvgIpc) is 3.44. The van der Waals surface area contributed by atoms with E-state index in [1.807, 2.05) is 13.8 Å². The van der Waals surface area contributed by atoms with Crippen LogP contribution in [0.5, 0.6) is 0 Å². The second-order valence-corrected chi connectivity index (χ2v) is 9.91. The maximum Gasteiger partial charge on any atom is 0.309 e. The van der Waals surface area contributed by atoms with Crippen LogP contribution in [0.4, 0.5) is 0 Å². The maximum atomic E-state index is 11.2. The molecular weight excluding hydrogens is 376 g/mol. The average molecular weight is 417 g/mol. The van der Waals surface area contributed by atoms with E-state index in [0.29, 0.717) is 6.47 Å². The number of aliphatic carboxylic acids is 1. The Hall–Kier alpha value is -1.84. The molecule has 0 aliphatic heterocycles. The van der Waals surface area contributed by atoms with Crippen molar-refractivity contribution in [2.75, 3.05) is 0 Å². The molecule has 4 heteroatoms. The number of hydrogen-bond acceptors (Lipinski definition) is 3. The van der Waals surface area contributed by atoms with E-state index in [1.165, 1.54) is 22.3 Å². The lowest BCUT2D eigenvalue weighted by Gasteiger charge is -2.18. The van der Waals surface area contributed by atoms with Crippen LogP contribution in [0.3, 0.4) is 0 Å². The molecule has 0 aromatic heterocycles. The van der Waals surface area contributed by atoms with Crippen LogP contribution in [0.25, 0.3) is 0 Å². The summed E-state index contributed by atoms with van der Waals surface area (Å²) in [5.41, 5.74) is 4.91. The van der Waals surface area contributed by atoms with E-state index in [0.717, 1.165) is 77.0 Å². The summed E-state index contributed by atoms with van der Waals surface area (Å²) in [7, 11) is 0. The molecular formula is C26H40O4. The molecule has 0 saturated heterocycles. The fourth-order valence-corrected chi connectivity index (χ4v) is 4.25. The Morgan fingerprint density at radius 1 is 1.00 bits per heavy atom. The molecule has 1 aliphatic rings. The van der Waals surface area contributed by atoms with Gasteiger partial charge in [-0.2, -0.15) is 0 Å². The summed E-state index contributed by atoms with van der Waals surface area (Å²) in [6.45, 7) is 8.66. The zero-order valence-electron chi connectivity index (χ0n) is 19.4. The van der Waals surface area contributed by atoms with Gasteiger partial charge in [0.1, 0.15) is 5.60 Å². The van der Waals surface area contributed by atoms with Crippen molar-refractivity contribution in [3.05, 3.63) is 34.4 Å². The van der Waals surface area contributed by atoms with Crippen molar-refractivity contribution in [3.8, 4) is 0 Å². The molecule has 0 atom stereocenters. The zero-order chi connectivity index (χ0) is 22.2. The normalized spacial score (nSPS) is 15.1. The van der Waals surface area contributed by atoms with E-state index < -0.39 is 11.4 Å². The third kappa shape index (κ3) is 7.45. The molecule has 0 amide bonds. The number of unbranched alkanes of at least 4 members (excludes halogenated alkanes) is 4. The molecule has 4 nitrogen and oxygen atoms in total. The third-order valence-corrected chi connectivity index (χ3v) is 6.81. The van der Waals surface area contributed by atoms with Crippen molar-refractivity contribution in [1.82, 2.24) is 0 Å². The summed E-state index contributed by atoms with van der Waals surface area (Å²) in [6, 6.07) is 4.71. The molecule has 0 unspecified atom stereocenters. The molecule has 1 fully saturated rings. The number of aryl methyl sites for hydroxylation is 4. The van der Waals surface area contributed by atoms with Crippen molar-refractivity contribution in [3.63, 3.8) is 0 Å². The van der Waals surface area contributed by atoms with Gasteiger partial charge in [-0.05, 0) is 108 Å². The number of ether oxygens (including phenoxy) is 1. The Balaban J connectivity index is 1.69. The van der Waals surface area contributed by atoms with Crippen molar-refractivity contribution < 1.29 is 19.4 Å². The Bertz CT molecular complexity index is 716. The minimum atomic E-state index is -0.699. The number of benzene rings is 1. The first kappa shape index (κ1) is 24.4. The molecule has 1 aliphatic carbocycles. The predicted molar refractivity (Wildman–Crippen MR) is 121 cm³/mol. The molecule has 30 heavy (non-hydrogen) atoms. The third-order valence-electron chi connectivity index (χ3n) is 6.81. The van der Waals surface area contributed by atoms with Gasteiger partial charge in [0.25, 0.3) is 6.47 Å². The largest absolute Gasteiger partial charge is 0.481 e. The lowest BCUT2D eigenvalue weighted by Crippen LogP contribution is -2.23. The molecule has 0 radical (unpaired) electrons. The number of carboxylic acid groups (broad SMARTS) is 1. The first-order chi connectivity index (χ1) is 14.2. The lowest BCUT2D eigenvalue weighted by atomic mass is 9.87. The zero-order valence-corrected chi connectivity index (χ0v) is 19.4. The second-order valence-electron chi connectivity index (χ2n) is 9.91. The highest BCUT2D eigenvalue weighted by Crippen LogP contribution is 2.43. The monoisotopic (exact) mass is 416 g/mol. The highest BCUT2D eigenvalue weighted by molar-refractivity contribution is 5.73. The van der Waals surface area contributed by atoms with Gasteiger partial charge in [0.2, 0.25) is 0 Å². The van der Waals surface area contributed by atoms with Crippen LogP contribution in [-0.2, 0) is 27.2 Å². The van der Waals surface area contributed by atoms with Crippen LogP contribution in [0, 0.1) is 19.3 Å². The number of carbonyl (C=O) groups excluding carboxylic acids is 1. The fraction of sp³-hybridized carbons (Fsp3) is 0.692. The first-order valence-corrected chi connectivity index (χ1v) is 11.6. The number of hydrogen-bond donors (Lipinski definition) is 1. The summed E-state index contributed by atoms with van der Waals surface area (Å²) in [5, 5.41) is 9.18. The summed E-state index contributed by atoms with van der Waals surface area (Å²) < 4.78 is 5.23.